The second-order valence-electron chi connectivity index (χ2n) is 3.69. The monoisotopic (exact) mass is 247 g/mol. The van der Waals surface area contributed by atoms with Gasteiger partial charge in [-0.15, -0.1) is 0 Å². The molecular weight excluding hydrogens is 240 g/mol. The molecule has 2 aromatic heterocycles. The standard InChI is InChI=1S/C11H7F2N5/c12-5-1-2-8(13)6(3-5)9-7-4-15-18-10(7)17-11(14)16-9/h1-4H,(H3,14,15,16,17,18). The third-order valence-corrected chi connectivity index (χ3v) is 2.51. The number of nitrogens with two attached hydrogens (primary N) is 1. The van der Waals surface area contributed by atoms with Gasteiger partial charge in [-0.1, -0.05) is 0 Å². The van der Waals surface area contributed by atoms with E-state index in [4.69, 9.17) is 5.73 Å². The quantitative estimate of drug-likeness (QED) is 0.688. The molecule has 3 rings (SSSR count). The number of rotatable bonds is 1. The van der Waals surface area contributed by atoms with Crippen molar-refractivity contribution in [3.63, 3.8) is 0 Å². The van der Waals surface area contributed by atoms with Crippen LogP contribution < -0.4 is 5.73 Å². The van der Waals surface area contributed by atoms with Gasteiger partial charge in [-0.3, -0.25) is 5.10 Å². The lowest BCUT2D eigenvalue weighted by atomic mass is 10.1. The van der Waals surface area contributed by atoms with Crippen molar-refractivity contribution in [1.29, 1.82) is 0 Å². The number of nitrogens with one attached hydrogen (secondary N) is 1. The van der Waals surface area contributed by atoms with E-state index in [1.165, 1.54) is 6.20 Å². The average molecular weight is 247 g/mol. The van der Waals surface area contributed by atoms with Crippen LogP contribution in [0, 0.1) is 11.6 Å². The van der Waals surface area contributed by atoms with Crippen LogP contribution in [-0.2, 0) is 0 Å². The molecule has 0 fully saturated rings. The van der Waals surface area contributed by atoms with Crippen molar-refractivity contribution in [2.75, 3.05) is 5.73 Å². The van der Waals surface area contributed by atoms with Crippen LogP contribution in [0.3, 0.4) is 0 Å². The SMILES string of the molecule is Nc1nc(-c2cc(F)ccc2F)c2cn[nH]c2n1. The zero-order valence-corrected chi connectivity index (χ0v) is 8.98. The second kappa shape index (κ2) is 3.73. The van der Waals surface area contributed by atoms with Crippen molar-refractivity contribution in [2.45, 2.75) is 0 Å². The first-order chi connectivity index (χ1) is 8.65. The molecule has 0 atom stereocenters. The molecule has 0 radical (unpaired) electrons. The van der Waals surface area contributed by atoms with Gasteiger partial charge >= 0.3 is 0 Å². The van der Waals surface area contributed by atoms with Gasteiger partial charge in [-0.25, -0.2) is 13.8 Å². The molecular formula is C11H7F2N5. The van der Waals surface area contributed by atoms with E-state index in [9.17, 15) is 8.78 Å². The molecule has 0 aliphatic heterocycles. The summed E-state index contributed by atoms with van der Waals surface area (Å²) in [6, 6.07) is 3.13. The number of aromatic nitrogens is 4. The maximum atomic E-state index is 13.7. The fraction of sp³-hybridized carbons (Fsp3) is 0. The largest absolute Gasteiger partial charge is 0.368 e. The van der Waals surface area contributed by atoms with Crippen LogP contribution in [0.25, 0.3) is 22.3 Å². The number of H-pyrrole nitrogens is 1. The lowest BCUT2D eigenvalue weighted by Gasteiger charge is -2.04. The first-order valence-electron chi connectivity index (χ1n) is 5.07. The van der Waals surface area contributed by atoms with Gasteiger partial charge < -0.3 is 5.73 Å². The van der Waals surface area contributed by atoms with Crippen molar-refractivity contribution >= 4 is 17.0 Å². The van der Waals surface area contributed by atoms with Gasteiger partial charge in [0.15, 0.2) is 5.65 Å². The molecule has 1 aromatic carbocycles. The summed E-state index contributed by atoms with van der Waals surface area (Å²) in [7, 11) is 0. The summed E-state index contributed by atoms with van der Waals surface area (Å²) in [6.07, 6.45) is 1.44. The van der Waals surface area contributed by atoms with Crippen LogP contribution in [0.15, 0.2) is 24.4 Å². The molecule has 0 spiro atoms. The number of aromatic amines is 1. The molecule has 18 heavy (non-hydrogen) atoms. The van der Waals surface area contributed by atoms with E-state index in [-0.39, 0.29) is 17.2 Å². The van der Waals surface area contributed by atoms with Gasteiger partial charge in [0.25, 0.3) is 0 Å². The van der Waals surface area contributed by atoms with Gasteiger partial charge in [0, 0.05) is 5.56 Å². The number of fused-ring (bicyclic) bond motifs is 1. The highest BCUT2D eigenvalue weighted by atomic mass is 19.1. The van der Waals surface area contributed by atoms with Crippen LogP contribution >= 0.6 is 0 Å². The zero-order valence-electron chi connectivity index (χ0n) is 8.98. The van der Waals surface area contributed by atoms with Crippen LogP contribution in [0.2, 0.25) is 0 Å². The highest BCUT2D eigenvalue weighted by Crippen LogP contribution is 2.28. The third kappa shape index (κ3) is 1.56. The van der Waals surface area contributed by atoms with Gasteiger partial charge in [-0.2, -0.15) is 10.1 Å². The Hall–Kier alpha value is -2.57. The number of halogens is 2. The molecule has 0 saturated carbocycles. The number of hydrogen-bond acceptors (Lipinski definition) is 4. The van der Waals surface area contributed by atoms with Gasteiger partial charge in [-0.05, 0) is 18.2 Å². The van der Waals surface area contributed by atoms with E-state index >= 15 is 0 Å². The lowest BCUT2D eigenvalue weighted by Crippen LogP contribution is -1.98. The van der Waals surface area contributed by atoms with Gasteiger partial charge in [0.2, 0.25) is 5.95 Å². The first-order valence-corrected chi connectivity index (χ1v) is 5.07. The van der Waals surface area contributed by atoms with Crippen LogP contribution in [-0.4, -0.2) is 20.2 Å². The highest BCUT2D eigenvalue weighted by molar-refractivity contribution is 5.90. The summed E-state index contributed by atoms with van der Waals surface area (Å²) in [5.74, 6) is -1.18. The second-order valence-corrected chi connectivity index (χ2v) is 3.69. The molecule has 0 saturated heterocycles. The number of anilines is 1. The fourth-order valence-electron chi connectivity index (χ4n) is 1.74. The molecule has 0 unspecified atom stereocenters. The molecule has 90 valence electrons. The summed E-state index contributed by atoms with van der Waals surface area (Å²) in [5.41, 5.74) is 6.13. The Kier molecular flexibility index (Phi) is 2.19. The summed E-state index contributed by atoms with van der Waals surface area (Å²) >= 11 is 0. The van der Waals surface area contributed by atoms with Crippen molar-refractivity contribution in [2.24, 2.45) is 0 Å². The smallest absolute Gasteiger partial charge is 0.222 e. The molecule has 5 nitrogen and oxygen atoms in total. The summed E-state index contributed by atoms with van der Waals surface area (Å²) in [4.78, 5) is 7.85. The van der Waals surface area contributed by atoms with Gasteiger partial charge in [0.1, 0.15) is 11.6 Å². The predicted octanol–water partition coefficient (Wildman–Crippen LogP) is 1.88. The van der Waals surface area contributed by atoms with Crippen molar-refractivity contribution in [1.82, 2.24) is 20.2 Å². The molecule has 2 heterocycles. The Morgan fingerprint density at radius 3 is 2.83 bits per heavy atom. The normalized spacial score (nSPS) is 11.0. The van der Waals surface area contributed by atoms with E-state index < -0.39 is 11.6 Å². The van der Waals surface area contributed by atoms with Crippen molar-refractivity contribution in [3.8, 4) is 11.3 Å². The van der Waals surface area contributed by atoms with E-state index in [2.05, 4.69) is 20.2 Å². The van der Waals surface area contributed by atoms with Crippen molar-refractivity contribution < 1.29 is 8.78 Å². The Morgan fingerprint density at radius 1 is 1.17 bits per heavy atom. The minimum absolute atomic E-state index is 0.0236. The van der Waals surface area contributed by atoms with E-state index in [1.54, 1.807) is 0 Å². The maximum Gasteiger partial charge on any atom is 0.222 e. The average Bonchev–Trinajstić information content (AvgIpc) is 2.79. The van der Waals surface area contributed by atoms with Crippen LogP contribution in [0.1, 0.15) is 0 Å². The molecule has 3 N–H and O–H groups in total. The van der Waals surface area contributed by atoms with Crippen molar-refractivity contribution in [3.05, 3.63) is 36.0 Å². The Bertz CT molecular complexity index is 737. The summed E-state index contributed by atoms with van der Waals surface area (Å²) in [6.45, 7) is 0. The number of nitrogens with zero attached hydrogens (tertiary/aromatic N) is 3. The Labute approximate surface area is 99.7 Å². The Balaban J connectivity index is 2.37. The zero-order chi connectivity index (χ0) is 12.7. The van der Waals surface area contributed by atoms with Crippen LogP contribution in [0.5, 0.6) is 0 Å². The Morgan fingerprint density at radius 2 is 2.00 bits per heavy atom. The van der Waals surface area contributed by atoms with Crippen LogP contribution in [0.4, 0.5) is 14.7 Å². The third-order valence-electron chi connectivity index (χ3n) is 2.51. The summed E-state index contributed by atoms with van der Waals surface area (Å²) < 4.78 is 26.9. The molecule has 0 aliphatic rings. The fourth-order valence-corrected chi connectivity index (χ4v) is 1.74. The van der Waals surface area contributed by atoms with E-state index in [1.807, 2.05) is 0 Å². The van der Waals surface area contributed by atoms with E-state index in [0.29, 0.717) is 11.0 Å². The number of benzene rings is 1. The lowest BCUT2D eigenvalue weighted by molar-refractivity contribution is 0.603. The first kappa shape index (κ1) is 10.6. The topological polar surface area (TPSA) is 80.5 Å². The highest BCUT2D eigenvalue weighted by Gasteiger charge is 2.14. The molecule has 7 heteroatoms. The van der Waals surface area contributed by atoms with E-state index in [0.717, 1.165) is 18.2 Å². The maximum absolute atomic E-state index is 13.7. The number of hydrogen-bond donors (Lipinski definition) is 2. The van der Waals surface area contributed by atoms with Gasteiger partial charge in [0.05, 0.1) is 17.3 Å². The molecule has 0 bridgehead atoms. The molecule has 0 aliphatic carbocycles. The predicted molar refractivity (Wildman–Crippen MR) is 61.4 cm³/mol. The minimum atomic E-state index is -0.586. The number of nitrogen functional groups attached to an aromatic ring is 1. The minimum Gasteiger partial charge on any atom is -0.368 e. The molecule has 3 aromatic rings. The summed E-state index contributed by atoms with van der Waals surface area (Å²) in [5, 5.41) is 6.87. The molecule has 0 amide bonds.